The predicted molar refractivity (Wildman–Crippen MR) is 290 cm³/mol. The molecule has 3 N–H and O–H groups in total. The van der Waals surface area contributed by atoms with Gasteiger partial charge in [0.05, 0.1) is 39.9 Å². The molecule has 0 aliphatic carbocycles. The molecule has 9 heteroatoms. The summed E-state index contributed by atoms with van der Waals surface area (Å²) in [4.78, 5) is 23.3. The molecule has 0 aromatic carbocycles. The number of phosphoric acid groups is 1. The Morgan fingerprint density at radius 3 is 1.37 bits per heavy atom. The third-order valence-corrected chi connectivity index (χ3v) is 12.5. The number of hydrogen-bond donors (Lipinski definition) is 3. The summed E-state index contributed by atoms with van der Waals surface area (Å²) >= 11 is 0. The van der Waals surface area contributed by atoms with E-state index >= 15 is 0 Å². The molecule has 0 spiro atoms. The van der Waals surface area contributed by atoms with Crippen molar-refractivity contribution in [1.29, 1.82) is 0 Å². The summed E-state index contributed by atoms with van der Waals surface area (Å²) < 4.78 is 23.6. The van der Waals surface area contributed by atoms with Gasteiger partial charge in [0.25, 0.3) is 0 Å². The number of quaternary nitrogens is 1. The molecule has 0 radical (unpaired) electrons. The molecule has 0 saturated carbocycles. The highest BCUT2D eigenvalue weighted by atomic mass is 31.2. The first-order valence-corrected chi connectivity index (χ1v) is 28.6. The van der Waals surface area contributed by atoms with Crippen molar-refractivity contribution in [3.05, 3.63) is 97.2 Å². The van der Waals surface area contributed by atoms with Gasteiger partial charge in [-0.05, 0) is 83.5 Å². The zero-order chi connectivity index (χ0) is 49.2. The number of unbranched alkanes of at least 4 members (excludes halogenated alkanes) is 21. The van der Waals surface area contributed by atoms with Gasteiger partial charge >= 0.3 is 7.82 Å². The lowest BCUT2D eigenvalue weighted by molar-refractivity contribution is -0.870. The van der Waals surface area contributed by atoms with Crippen LogP contribution in [0.15, 0.2) is 97.2 Å². The highest BCUT2D eigenvalue weighted by Crippen LogP contribution is 2.43. The van der Waals surface area contributed by atoms with Crippen molar-refractivity contribution in [1.82, 2.24) is 5.32 Å². The number of aliphatic hydroxyl groups is 1. The number of likely N-dealkylation sites (N-methyl/N-ethyl adjacent to an activating group) is 1. The van der Waals surface area contributed by atoms with Crippen molar-refractivity contribution < 1.29 is 32.9 Å². The van der Waals surface area contributed by atoms with Crippen molar-refractivity contribution in [3.63, 3.8) is 0 Å². The van der Waals surface area contributed by atoms with Gasteiger partial charge in [-0.3, -0.25) is 13.8 Å². The van der Waals surface area contributed by atoms with Crippen molar-refractivity contribution in [2.45, 2.75) is 225 Å². The van der Waals surface area contributed by atoms with E-state index in [-0.39, 0.29) is 19.1 Å². The molecule has 0 heterocycles. The molecule has 0 aromatic heterocycles. The Morgan fingerprint density at radius 2 is 0.910 bits per heavy atom. The van der Waals surface area contributed by atoms with E-state index in [0.717, 1.165) is 89.9 Å². The maximum atomic E-state index is 12.9. The van der Waals surface area contributed by atoms with Crippen LogP contribution in [-0.2, 0) is 18.4 Å². The van der Waals surface area contributed by atoms with E-state index in [9.17, 15) is 19.4 Å². The fourth-order valence-corrected chi connectivity index (χ4v) is 8.03. The molecule has 3 unspecified atom stereocenters. The predicted octanol–water partition coefficient (Wildman–Crippen LogP) is 16.3. The standard InChI is InChI=1S/C58H103N2O6P/c1-6-8-10-12-14-16-18-20-22-24-26-28-30-32-34-36-38-40-42-44-46-48-50-52-58(62)59-56(55-66-67(63,64)65-54-53-60(3,4)5)57(61)51-49-47-45-43-41-39-37-35-33-31-29-27-25-23-21-19-17-15-13-11-9-7-2/h8,10,14,16,20,22,26,28,32,34,38,40-41,43,49,51,56-57,61H,6-7,9,11-13,15,17-19,21,23-25,27,29-31,33,35-37,39,42,44-48,50,52-55H2,1-5H3,(H-,59,62,63,64)/p+1/b10-8-,16-14-,22-20-,28-26-,34-32-,40-38-,43-41+,51-49+. The first-order chi connectivity index (χ1) is 32.5. The monoisotopic (exact) mass is 956 g/mol. The van der Waals surface area contributed by atoms with E-state index in [4.69, 9.17) is 9.05 Å². The lowest BCUT2D eigenvalue weighted by Gasteiger charge is -2.25. The molecule has 0 rings (SSSR count). The molecule has 1 amide bonds. The average molecular weight is 956 g/mol. The number of allylic oxidation sites excluding steroid dienone is 15. The first-order valence-electron chi connectivity index (χ1n) is 27.1. The molecule has 0 aliphatic rings. The molecule has 0 fully saturated rings. The first kappa shape index (κ1) is 64.4. The zero-order valence-electron chi connectivity index (χ0n) is 43.9. The molecule has 8 nitrogen and oxygen atoms in total. The molecular weight excluding hydrogens is 852 g/mol. The Kier molecular flexibility index (Phi) is 46.6. The molecule has 386 valence electrons. The Labute approximate surface area is 413 Å². The third-order valence-electron chi connectivity index (χ3n) is 11.5. The Bertz CT molecular complexity index is 1410. The van der Waals surface area contributed by atoms with Crippen molar-refractivity contribution in [2.24, 2.45) is 0 Å². The summed E-state index contributed by atoms with van der Waals surface area (Å²) in [6, 6.07) is -0.884. The lowest BCUT2D eigenvalue weighted by atomic mass is 10.0. The van der Waals surface area contributed by atoms with Crippen LogP contribution in [0.5, 0.6) is 0 Å². The summed E-state index contributed by atoms with van der Waals surface area (Å²) in [5.74, 6) is -0.214. The van der Waals surface area contributed by atoms with Gasteiger partial charge in [0, 0.05) is 6.42 Å². The third kappa shape index (κ3) is 51.1. The second-order valence-corrected chi connectivity index (χ2v) is 20.7. The highest BCUT2D eigenvalue weighted by Gasteiger charge is 2.27. The molecule has 0 bridgehead atoms. The maximum Gasteiger partial charge on any atom is 0.472 e. The zero-order valence-corrected chi connectivity index (χ0v) is 44.8. The van der Waals surface area contributed by atoms with Crippen LogP contribution >= 0.6 is 7.82 Å². The second-order valence-electron chi connectivity index (χ2n) is 19.2. The maximum absolute atomic E-state index is 12.9. The van der Waals surface area contributed by atoms with Crippen molar-refractivity contribution >= 4 is 13.7 Å². The largest absolute Gasteiger partial charge is 0.472 e. The Morgan fingerprint density at radius 1 is 0.522 bits per heavy atom. The van der Waals surface area contributed by atoms with Gasteiger partial charge in [-0.15, -0.1) is 0 Å². The van der Waals surface area contributed by atoms with Crippen LogP contribution in [0.2, 0.25) is 0 Å². The number of nitrogens with one attached hydrogen (secondary N) is 1. The van der Waals surface area contributed by atoms with E-state index in [2.05, 4.69) is 104 Å². The van der Waals surface area contributed by atoms with Crippen LogP contribution in [0.4, 0.5) is 0 Å². The second kappa shape index (κ2) is 48.4. The summed E-state index contributed by atoms with van der Waals surface area (Å²) in [5.41, 5.74) is 0. The molecule has 67 heavy (non-hydrogen) atoms. The minimum atomic E-state index is -4.37. The van der Waals surface area contributed by atoms with Gasteiger partial charge < -0.3 is 19.8 Å². The molecule has 0 saturated heterocycles. The minimum Gasteiger partial charge on any atom is -0.387 e. The number of phosphoric ester groups is 1. The number of nitrogens with zero attached hydrogens (tertiary/aromatic N) is 1. The quantitative estimate of drug-likeness (QED) is 0.0243. The number of carbonyl (C=O) groups is 1. The number of rotatable bonds is 48. The average Bonchev–Trinajstić information content (AvgIpc) is 3.29. The fraction of sp³-hybridized carbons (Fsp3) is 0.707. The van der Waals surface area contributed by atoms with E-state index < -0.39 is 20.0 Å². The van der Waals surface area contributed by atoms with Gasteiger partial charge in [0.15, 0.2) is 0 Å². The highest BCUT2D eigenvalue weighted by molar-refractivity contribution is 7.47. The molecule has 0 aromatic rings. The number of amides is 1. The van der Waals surface area contributed by atoms with E-state index in [1.807, 2.05) is 27.2 Å². The number of carbonyl (C=O) groups excluding carboxylic acids is 1. The van der Waals surface area contributed by atoms with Crippen molar-refractivity contribution in [3.8, 4) is 0 Å². The van der Waals surface area contributed by atoms with Gasteiger partial charge in [-0.1, -0.05) is 220 Å². The molecule has 3 atom stereocenters. The fourth-order valence-electron chi connectivity index (χ4n) is 7.30. The normalized spacial score (nSPS) is 14.8. The van der Waals surface area contributed by atoms with Gasteiger partial charge in [0.2, 0.25) is 5.91 Å². The Hall–Kier alpha value is -2.58. The van der Waals surface area contributed by atoms with E-state index in [0.29, 0.717) is 17.4 Å². The van der Waals surface area contributed by atoms with E-state index in [1.54, 1.807) is 6.08 Å². The summed E-state index contributed by atoms with van der Waals surface area (Å²) in [7, 11) is 1.52. The van der Waals surface area contributed by atoms with Gasteiger partial charge in [-0.2, -0.15) is 0 Å². The smallest absolute Gasteiger partial charge is 0.387 e. The summed E-state index contributed by atoms with van der Waals surface area (Å²) in [5, 5.41) is 13.9. The topological polar surface area (TPSA) is 105 Å². The van der Waals surface area contributed by atoms with Crippen LogP contribution in [0.1, 0.15) is 213 Å². The van der Waals surface area contributed by atoms with Gasteiger partial charge in [0.1, 0.15) is 13.2 Å². The summed E-state index contributed by atoms with van der Waals surface area (Å²) in [6.45, 7) is 4.66. The van der Waals surface area contributed by atoms with E-state index in [1.165, 1.54) is 103 Å². The molecule has 0 aliphatic heterocycles. The molecular formula is C58H104N2O6P+. The van der Waals surface area contributed by atoms with Crippen LogP contribution in [-0.4, -0.2) is 73.4 Å². The Balaban J connectivity index is 4.41. The summed E-state index contributed by atoms with van der Waals surface area (Å²) in [6.07, 6.45) is 69.3. The number of hydrogen-bond acceptors (Lipinski definition) is 5. The van der Waals surface area contributed by atoms with Crippen LogP contribution in [0.3, 0.4) is 0 Å². The lowest BCUT2D eigenvalue weighted by Crippen LogP contribution is -2.45. The SMILES string of the molecule is CC/C=C\C/C=C\C/C=C\C/C=C\C/C=C\C/C=C\CCCCCCC(=O)NC(COP(=O)(O)OCC[N+](C)(C)C)C(O)/C=C/CC/C=C/CCCCCCCCCCCCCCCCCC. The number of aliphatic hydroxyl groups excluding tert-OH is 1. The van der Waals surface area contributed by atoms with Crippen LogP contribution in [0.25, 0.3) is 0 Å². The van der Waals surface area contributed by atoms with Crippen molar-refractivity contribution in [2.75, 3.05) is 40.9 Å². The van der Waals surface area contributed by atoms with Gasteiger partial charge in [-0.25, -0.2) is 4.57 Å². The van der Waals surface area contributed by atoms with Crippen LogP contribution < -0.4 is 5.32 Å². The minimum absolute atomic E-state index is 0.0455. The van der Waals surface area contributed by atoms with Crippen LogP contribution in [0, 0.1) is 0 Å².